The Morgan fingerprint density at radius 1 is 1.07 bits per heavy atom. The first-order chi connectivity index (χ1) is 6.79. The molecule has 2 heteroatoms. The van der Waals surface area contributed by atoms with E-state index < -0.39 is 0 Å². The average Bonchev–Trinajstić information content (AvgIpc) is 2.20. The zero-order chi connectivity index (χ0) is 9.97. The number of rotatable bonds is 1. The van der Waals surface area contributed by atoms with Gasteiger partial charge in [0.1, 0.15) is 5.82 Å². The summed E-state index contributed by atoms with van der Waals surface area (Å²) in [6.45, 7) is 0. The Balaban J connectivity index is 2.61. The van der Waals surface area contributed by atoms with Gasteiger partial charge in [-0.1, -0.05) is 30.3 Å². The SMILES string of the molecule is Fc1ccccc1-c1[c]cccc1I. The molecule has 1 radical (unpaired) electrons. The molecule has 0 atom stereocenters. The molecule has 69 valence electrons. The normalized spacial score (nSPS) is 10.1. The molecule has 0 unspecified atom stereocenters. The number of hydrogen-bond donors (Lipinski definition) is 0. The highest BCUT2D eigenvalue weighted by atomic mass is 127. The molecule has 0 spiro atoms. The molecule has 2 aromatic carbocycles. The molecule has 0 saturated heterocycles. The lowest BCUT2D eigenvalue weighted by molar-refractivity contribution is 0.631. The molecule has 14 heavy (non-hydrogen) atoms. The van der Waals surface area contributed by atoms with E-state index in [9.17, 15) is 4.39 Å². The lowest BCUT2D eigenvalue weighted by Crippen LogP contribution is -1.86. The van der Waals surface area contributed by atoms with Gasteiger partial charge in [-0.25, -0.2) is 4.39 Å². The van der Waals surface area contributed by atoms with Gasteiger partial charge in [0.2, 0.25) is 0 Å². The predicted octanol–water partition coefficient (Wildman–Crippen LogP) is 3.90. The van der Waals surface area contributed by atoms with Gasteiger partial charge in [0.05, 0.1) is 0 Å². The van der Waals surface area contributed by atoms with Crippen LogP contribution in [0.15, 0.2) is 42.5 Å². The summed E-state index contributed by atoms with van der Waals surface area (Å²) in [5, 5.41) is 0. The first-order valence-corrected chi connectivity index (χ1v) is 5.28. The minimum atomic E-state index is -0.201. The van der Waals surface area contributed by atoms with Crippen molar-refractivity contribution >= 4 is 22.6 Å². The highest BCUT2D eigenvalue weighted by Gasteiger charge is 2.06. The van der Waals surface area contributed by atoms with Gasteiger partial charge in [-0.3, -0.25) is 0 Å². The second-order valence-electron chi connectivity index (χ2n) is 2.87. The van der Waals surface area contributed by atoms with E-state index in [2.05, 4.69) is 28.7 Å². The van der Waals surface area contributed by atoms with Crippen molar-refractivity contribution < 1.29 is 4.39 Å². The summed E-state index contributed by atoms with van der Waals surface area (Å²) in [5.74, 6) is -0.201. The van der Waals surface area contributed by atoms with Crippen molar-refractivity contribution in [3.63, 3.8) is 0 Å². The molecule has 2 rings (SSSR count). The first kappa shape index (κ1) is 9.65. The zero-order valence-electron chi connectivity index (χ0n) is 7.30. The second kappa shape index (κ2) is 4.09. The third-order valence-electron chi connectivity index (χ3n) is 1.95. The maximum Gasteiger partial charge on any atom is 0.131 e. The van der Waals surface area contributed by atoms with Crippen LogP contribution in [-0.4, -0.2) is 0 Å². The molecule has 0 aliphatic carbocycles. The Morgan fingerprint density at radius 3 is 2.57 bits per heavy atom. The van der Waals surface area contributed by atoms with E-state index in [0.717, 1.165) is 9.13 Å². The van der Waals surface area contributed by atoms with Crippen LogP contribution in [0.5, 0.6) is 0 Å². The molecule has 0 saturated carbocycles. The zero-order valence-corrected chi connectivity index (χ0v) is 9.45. The lowest BCUT2D eigenvalue weighted by Gasteiger charge is -2.04. The van der Waals surface area contributed by atoms with E-state index in [-0.39, 0.29) is 5.82 Å². The van der Waals surface area contributed by atoms with E-state index >= 15 is 0 Å². The second-order valence-corrected chi connectivity index (χ2v) is 4.04. The van der Waals surface area contributed by atoms with Crippen molar-refractivity contribution in [2.24, 2.45) is 0 Å². The highest BCUT2D eigenvalue weighted by Crippen LogP contribution is 2.26. The fourth-order valence-corrected chi connectivity index (χ4v) is 1.94. The molecular formula is C12H7FI. The predicted molar refractivity (Wildman–Crippen MR) is 63.4 cm³/mol. The third kappa shape index (κ3) is 1.80. The minimum absolute atomic E-state index is 0.201. The number of hydrogen-bond acceptors (Lipinski definition) is 0. The summed E-state index contributed by atoms with van der Waals surface area (Å²) >= 11 is 2.18. The van der Waals surface area contributed by atoms with E-state index in [1.165, 1.54) is 6.07 Å². The standard InChI is InChI=1S/C12H7FI/c13-11-7-3-1-5-9(11)10-6-2-4-8-12(10)14/h1-5,7-8H. The molecule has 0 aliphatic heterocycles. The maximum atomic E-state index is 13.4. The molecular weight excluding hydrogens is 290 g/mol. The van der Waals surface area contributed by atoms with Crippen LogP contribution < -0.4 is 0 Å². The highest BCUT2D eigenvalue weighted by molar-refractivity contribution is 14.1. The Kier molecular flexibility index (Phi) is 2.82. The van der Waals surface area contributed by atoms with Gasteiger partial charge in [-0.2, -0.15) is 0 Å². The van der Waals surface area contributed by atoms with E-state index in [4.69, 9.17) is 0 Å². The molecule has 2 aromatic rings. The third-order valence-corrected chi connectivity index (χ3v) is 2.85. The lowest BCUT2D eigenvalue weighted by atomic mass is 10.1. The molecule has 0 fully saturated rings. The Morgan fingerprint density at radius 2 is 1.86 bits per heavy atom. The average molecular weight is 297 g/mol. The van der Waals surface area contributed by atoms with Gasteiger partial charge in [-0.15, -0.1) is 0 Å². The van der Waals surface area contributed by atoms with Gasteiger partial charge in [0.25, 0.3) is 0 Å². The summed E-state index contributed by atoms with van der Waals surface area (Å²) in [6.07, 6.45) is 0. The van der Waals surface area contributed by atoms with Crippen molar-refractivity contribution in [2.75, 3.05) is 0 Å². The number of halogens is 2. The molecule has 0 amide bonds. The van der Waals surface area contributed by atoms with E-state index in [0.29, 0.717) is 5.56 Å². The molecule has 0 bridgehead atoms. The fraction of sp³-hybridized carbons (Fsp3) is 0. The van der Waals surface area contributed by atoms with Crippen molar-refractivity contribution in [1.82, 2.24) is 0 Å². The summed E-state index contributed by atoms with van der Waals surface area (Å²) in [4.78, 5) is 0. The van der Waals surface area contributed by atoms with Gasteiger partial charge < -0.3 is 0 Å². The van der Waals surface area contributed by atoms with Crippen molar-refractivity contribution in [1.29, 1.82) is 0 Å². The molecule has 0 nitrogen and oxygen atoms in total. The first-order valence-electron chi connectivity index (χ1n) is 4.20. The summed E-state index contributed by atoms with van der Waals surface area (Å²) < 4.78 is 14.4. The van der Waals surface area contributed by atoms with E-state index in [1.54, 1.807) is 18.2 Å². The van der Waals surface area contributed by atoms with Crippen LogP contribution in [0.4, 0.5) is 4.39 Å². The fourth-order valence-electron chi connectivity index (χ4n) is 1.29. The van der Waals surface area contributed by atoms with Crippen molar-refractivity contribution in [2.45, 2.75) is 0 Å². The van der Waals surface area contributed by atoms with Crippen LogP contribution in [0.25, 0.3) is 11.1 Å². The Hall–Kier alpha value is -0.900. The van der Waals surface area contributed by atoms with Crippen molar-refractivity contribution in [3.05, 3.63) is 57.9 Å². The molecule has 0 heterocycles. The largest absolute Gasteiger partial charge is 0.206 e. The van der Waals surface area contributed by atoms with Crippen LogP contribution in [0.2, 0.25) is 0 Å². The monoisotopic (exact) mass is 297 g/mol. The topological polar surface area (TPSA) is 0 Å². The van der Waals surface area contributed by atoms with Crippen molar-refractivity contribution in [3.8, 4) is 11.1 Å². The molecule has 0 aromatic heterocycles. The minimum Gasteiger partial charge on any atom is -0.206 e. The Bertz CT molecular complexity index is 408. The van der Waals surface area contributed by atoms with Gasteiger partial charge in [0, 0.05) is 14.7 Å². The Labute approximate surface area is 95.9 Å². The van der Waals surface area contributed by atoms with Crippen LogP contribution in [0, 0.1) is 15.5 Å². The summed E-state index contributed by atoms with van der Waals surface area (Å²) in [6, 6.07) is 15.4. The van der Waals surface area contributed by atoms with Crippen LogP contribution in [0.1, 0.15) is 0 Å². The van der Waals surface area contributed by atoms with Gasteiger partial charge in [-0.05, 0) is 40.8 Å². The molecule has 0 N–H and O–H groups in total. The van der Waals surface area contributed by atoms with E-state index in [1.807, 2.05) is 18.2 Å². The number of benzene rings is 2. The molecule has 0 aliphatic rings. The summed E-state index contributed by atoms with van der Waals surface area (Å²) in [5.41, 5.74) is 1.43. The summed E-state index contributed by atoms with van der Waals surface area (Å²) in [7, 11) is 0. The maximum absolute atomic E-state index is 13.4. The van der Waals surface area contributed by atoms with Crippen LogP contribution >= 0.6 is 22.6 Å². The smallest absolute Gasteiger partial charge is 0.131 e. The van der Waals surface area contributed by atoms with Gasteiger partial charge >= 0.3 is 0 Å². The van der Waals surface area contributed by atoms with Crippen LogP contribution in [-0.2, 0) is 0 Å². The van der Waals surface area contributed by atoms with Crippen LogP contribution in [0.3, 0.4) is 0 Å². The quantitative estimate of drug-likeness (QED) is 0.700. The van der Waals surface area contributed by atoms with Gasteiger partial charge in [0.15, 0.2) is 0 Å².